The van der Waals surface area contributed by atoms with Gasteiger partial charge in [-0.25, -0.2) is 0 Å². The molecular formula is C10H13ClOS. The minimum Gasteiger partial charge on any atom is -0.392 e. The molecule has 1 fully saturated rings. The smallest absolute Gasteiger partial charge is 0.0931 e. The van der Waals surface area contributed by atoms with Gasteiger partial charge in [-0.1, -0.05) is 18.5 Å². The topological polar surface area (TPSA) is 20.2 Å². The molecule has 0 aromatic carbocycles. The van der Waals surface area contributed by atoms with Gasteiger partial charge in [-0.2, -0.15) is 0 Å². The van der Waals surface area contributed by atoms with Crippen LogP contribution in [0.25, 0.3) is 0 Å². The van der Waals surface area contributed by atoms with Crippen LogP contribution in [0.3, 0.4) is 0 Å². The zero-order valence-corrected chi connectivity index (χ0v) is 9.11. The second-order valence-electron chi connectivity index (χ2n) is 3.91. The third kappa shape index (κ3) is 2.25. The Kier molecular flexibility index (Phi) is 2.63. The van der Waals surface area contributed by atoms with E-state index >= 15 is 0 Å². The van der Waals surface area contributed by atoms with Gasteiger partial charge < -0.3 is 5.11 Å². The lowest BCUT2D eigenvalue weighted by atomic mass is 10.1. The average Bonchev–Trinajstić information content (AvgIpc) is 2.66. The van der Waals surface area contributed by atoms with Crippen LogP contribution in [0.2, 0.25) is 4.34 Å². The first-order valence-electron chi connectivity index (χ1n) is 4.58. The molecule has 3 unspecified atom stereocenters. The number of hydrogen-bond donors (Lipinski definition) is 1. The molecule has 1 N–H and O–H groups in total. The number of hydrogen-bond acceptors (Lipinski definition) is 2. The third-order valence-corrected chi connectivity index (χ3v) is 3.87. The lowest BCUT2D eigenvalue weighted by Gasteiger charge is -2.07. The van der Waals surface area contributed by atoms with Crippen molar-refractivity contribution in [2.75, 3.05) is 0 Å². The zero-order valence-electron chi connectivity index (χ0n) is 7.53. The van der Waals surface area contributed by atoms with Crippen LogP contribution >= 0.6 is 22.9 Å². The molecule has 1 aliphatic rings. The van der Waals surface area contributed by atoms with Crippen molar-refractivity contribution >= 4 is 22.9 Å². The van der Waals surface area contributed by atoms with E-state index in [1.807, 2.05) is 11.4 Å². The maximum Gasteiger partial charge on any atom is 0.0931 e. The fourth-order valence-electron chi connectivity index (χ4n) is 1.73. The maximum absolute atomic E-state index is 9.78. The second kappa shape index (κ2) is 3.60. The first kappa shape index (κ1) is 9.50. The molecule has 1 aromatic rings. The van der Waals surface area contributed by atoms with Crippen LogP contribution in [0, 0.1) is 11.8 Å². The highest BCUT2D eigenvalue weighted by Crippen LogP contribution is 2.41. The summed E-state index contributed by atoms with van der Waals surface area (Å²) in [5, 5.41) is 11.8. The number of thiophene rings is 1. The van der Waals surface area contributed by atoms with Gasteiger partial charge in [0.1, 0.15) is 0 Å². The number of aliphatic hydroxyl groups is 1. The molecule has 1 aliphatic carbocycles. The fourth-order valence-corrected chi connectivity index (χ4v) is 2.65. The largest absolute Gasteiger partial charge is 0.392 e. The summed E-state index contributed by atoms with van der Waals surface area (Å²) < 4.78 is 0.811. The molecule has 1 heterocycles. The van der Waals surface area contributed by atoms with Crippen molar-refractivity contribution in [3.63, 3.8) is 0 Å². The lowest BCUT2D eigenvalue weighted by molar-refractivity contribution is 0.146. The van der Waals surface area contributed by atoms with Gasteiger partial charge in [0.2, 0.25) is 0 Å². The molecule has 1 aromatic heterocycles. The Morgan fingerprint density at radius 2 is 2.46 bits per heavy atom. The summed E-state index contributed by atoms with van der Waals surface area (Å²) in [7, 11) is 0. The minimum absolute atomic E-state index is 0.166. The maximum atomic E-state index is 9.78. The molecule has 72 valence electrons. The first-order valence-corrected chi connectivity index (χ1v) is 5.83. The Labute approximate surface area is 87.4 Å². The predicted octanol–water partition coefficient (Wildman–Crippen LogP) is 2.96. The SMILES string of the molecule is CC1CC1C(O)Cc1csc(Cl)c1. The lowest BCUT2D eigenvalue weighted by Crippen LogP contribution is -2.13. The molecular weight excluding hydrogens is 204 g/mol. The molecule has 0 aliphatic heterocycles. The van der Waals surface area contributed by atoms with Crippen molar-refractivity contribution in [3.05, 3.63) is 21.3 Å². The van der Waals surface area contributed by atoms with Crippen LogP contribution < -0.4 is 0 Å². The van der Waals surface area contributed by atoms with Crippen LogP contribution in [0.1, 0.15) is 18.9 Å². The molecule has 3 atom stereocenters. The van der Waals surface area contributed by atoms with E-state index in [4.69, 9.17) is 11.6 Å². The van der Waals surface area contributed by atoms with Crippen molar-refractivity contribution in [1.29, 1.82) is 0 Å². The van der Waals surface area contributed by atoms with E-state index in [0.717, 1.165) is 10.8 Å². The highest BCUT2D eigenvalue weighted by molar-refractivity contribution is 7.14. The van der Waals surface area contributed by atoms with Gasteiger partial charge in [0.25, 0.3) is 0 Å². The van der Waals surface area contributed by atoms with Crippen LogP contribution in [0.5, 0.6) is 0 Å². The normalized spacial score (nSPS) is 28.8. The Balaban J connectivity index is 1.91. The van der Waals surface area contributed by atoms with Gasteiger partial charge in [-0.15, -0.1) is 11.3 Å². The predicted molar refractivity (Wildman–Crippen MR) is 56.3 cm³/mol. The summed E-state index contributed by atoms with van der Waals surface area (Å²) in [5.41, 5.74) is 1.17. The monoisotopic (exact) mass is 216 g/mol. The van der Waals surface area contributed by atoms with E-state index in [0.29, 0.717) is 11.8 Å². The molecule has 0 saturated heterocycles. The van der Waals surface area contributed by atoms with E-state index in [2.05, 4.69) is 6.92 Å². The summed E-state index contributed by atoms with van der Waals surface area (Å²) in [6, 6.07) is 1.95. The van der Waals surface area contributed by atoms with Crippen LogP contribution in [-0.2, 0) is 6.42 Å². The highest BCUT2D eigenvalue weighted by Gasteiger charge is 2.38. The summed E-state index contributed by atoms with van der Waals surface area (Å²) in [6.45, 7) is 2.19. The van der Waals surface area contributed by atoms with E-state index < -0.39 is 0 Å². The quantitative estimate of drug-likeness (QED) is 0.824. The fraction of sp³-hybridized carbons (Fsp3) is 0.600. The van der Waals surface area contributed by atoms with E-state index in [1.165, 1.54) is 23.3 Å². The first-order chi connectivity index (χ1) is 6.16. The summed E-state index contributed by atoms with van der Waals surface area (Å²) >= 11 is 7.34. The van der Waals surface area contributed by atoms with Crippen molar-refractivity contribution in [2.24, 2.45) is 11.8 Å². The average molecular weight is 217 g/mol. The number of rotatable bonds is 3. The van der Waals surface area contributed by atoms with Gasteiger partial charge in [-0.3, -0.25) is 0 Å². The van der Waals surface area contributed by atoms with Crippen molar-refractivity contribution in [2.45, 2.75) is 25.9 Å². The Morgan fingerprint density at radius 1 is 1.77 bits per heavy atom. The van der Waals surface area contributed by atoms with Gasteiger partial charge >= 0.3 is 0 Å². The zero-order chi connectivity index (χ0) is 9.42. The van der Waals surface area contributed by atoms with Gasteiger partial charge in [0.05, 0.1) is 10.4 Å². The molecule has 0 radical (unpaired) electrons. The van der Waals surface area contributed by atoms with Crippen molar-refractivity contribution in [3.8, 4) is 0 Å². The molecule has 1 nitrogen and oxygen atoms in total. The second-order valence-corrected chi connectivity index (χ2v) is 5.45. The van der Waals surface area contributed by atoms with E-state index in [9.17, 15) is 5.11 Å². The molecule has 0 bridgehead atoms. The highest BCUT2D eigenvalue weighted by atomic mass is 35.5. The summed E-state index contributed by atoms with van der Waals surface area (Å²) in [5.74, 6) is 1.24. The Morgan fingerprint density at radius 3 is 2.92 bits per heavy atom. The minimum atomic E-state index is -0.166. The van der Waals surface area contributed by atoms with Crippen LogP contribution in [0.4, 0.5) is 0 Å². The third-order valence-electron chi connectivity index (χ3n) is 2.73. The van der Waals surface area contributed by atoms with Crippen LogP contribution in [-0.4, -0.2) is 11.2 Å². The van der Waals surface area contributed by atoms with Gasteiger partial charge in [0, 0.05) is 0 Å². The summed E-state index contributed by atoms with van der Waals surface area (Å²) in [4.78, 5) is 0. The number of halogens is 1. The Bertz CT molecular complexity index is 297. The van der Waals surface area contributed by atoms with E-state index in [1.54, 1.807) is 0 Å². The molecule has 1 saturated carbocycles. The molecule has 2 rings (SSSR count). The van der Waals surface area contributed by atoms with Crippen molar-refractivity contribution in [1.82, 2.24) is 0 Å². The molecule has 0 spiro atoms. The van der Waals surface area contributed by atoms with Gasteiger partial charge in [0.15, 0.2) is 0 Å². The van der Waals surface area contributed by atoms with Gasteiger partial charge in [-0.05, 0) is 41.7 Å². The van der Waals surface area contributed by atoms with Crippen LogP contribution in [0.15, 0.2) is 11.4 Å². The molecule has 3 heteroatoms. The molecule has 0 amide bonds. The summed E-state index contributed by atoms with van der Waals surface area (Å²) in [6.07, 6.45) is 1.78. The van der Waals surface area contributed by atoms with E-state index in [-0.39, 0.29) is 6.10 Å². The standard InChI is InChI=1S/C10H13ClOS/c1-6-2-8(6)9(12)3-7-4-10(11)13-5-7/h4-6,8-9,12H,2-3H2,1H3. The van der Waals surface area contributed by atoms with Crippen molar-refractivity contribution < 1.29 is 5.11 Å². The Hall–Kier alpha value is -0.0500. The molecule has 13 heavy (non-hydrogen) atoms. The number of aliphatic hydroxyl groups excluding tert-OH is 1.